The smallest absolute Gasteiger partial charge is 0.264 e. The zero-order valence-corrected chi connectivity index (χ0v) is 22.9. The van der Waals surface area contributed by atoms with Crippen LogP contribution in [-0.4, -0.2) is 31.1 Å². The lowest BCUT2D eigenvalue weighted by molar-refractivity contribution is -0.114. The summed E-state index contributed by atoms with van der Waals surface area (Å²) >= 11 is 15.1. The minimum absolute atomic E-state index is 0.0208. The standard InChI is InChI=1S/C24H20Cl2N4O3S3/c1-16-7-10-19(11-8-16)36(32,33)30(21-13-18(25)9-12-20(21)26)14-22(31)27-23-28-29-24(35-23)34-15-17-5-3-2-4-6-17/h2-13H,14-15H2,1H3,(H,27,28,31). The zero-order chi connectivity index (χ0) is 25.7. The van der Waals surface area contributed by atoms with Crippen molar-refractivity contribution in [3.05, 3.63) is 94.0 Å². The number of rotatable bonds is 9. The Morgan fingerprint density at radius 1 is 1.03 bits per heavy atom. The molecule has 4 aromatic rings. The van der Waals surface area contributed by atoms with E-state index in [1.165, 1.54) is 47.4 Å². The van der Waals surface area contributed by atoms with Crippen LogP contribution in [0.1, 0.15) is 11.1 Å². The number of hydrogen-bond acceptors (Lipinski definition) is 7. The lowest BCUT2D eigenvalue weighted by atomic mass is 10.2. The number of carbonyl (C=O) groups is 1. The normalized spacial score (nSPS) is 11.3. The van der Waals surface area contributed by atoms with Gasteiger partial charge < -0.3 is 0 Å². The quantitative estimate of drug-likeness (QED) is 0.185. The van der Waals surface area contributed by atoms with Crippen molar-refractivity contribution in [1.29, 1.82) is 0 Å². The third kappa shape index (κ3) is 6.57. The average Bonchev–Trinajstić information content (AvgIpc) is 3.31. The summed E-state index contributed by atoms with van der Waals surface area (Å²) in [6.45, 7) is 1.31. The van der Waals surface area contributed by atoms with Crippen LogP contribution in [0.3, 0.4) is 0 Å². The second-order valence-corrected chi connectivity index (χ2v) is 12.5. The van der Waals surface area contributed by atoms with Crippen LogP contribution < -0.4 is 9.62 Å². The number of halogens is 2. The van der Waals surface area contributed by atoms with E-state index in [9.17, 15) is 13.2 Å². The molecular formula is C24H20Cl2N4O3S3. The molecule has 0 aliphatic rings. The molecule has 0 saturated heterocycles. The Kier molecular flexibility index (Phi) is 8.53. The van der Waals surface area contributed by atoms with Gasteiger partial charge in [-0.25, -0.2) is 8.42 Å². The molecule has 0 aliphatic heterocycles. The first kappa shape index (κ1) is 26.4. The van der Waals surface area contributed by atoms with Crippen molar-refractivity contribution in [2.75, 3.05) is 16.2 Å². The molecule has 0 spiro atoms. The van der Waals surface area contributed by atoms with Gasteiger partial charge in [-0.3, -0.25) is 14.4 Å². The van der Waals surface area contributed by atoms with Crippen molar-refractivity contribution in [1.82, 2.24) is 10.2 Å². The van der Waals surface area contributed by atoms with Crippen LogP contribution in [0.5, 0.6) is 0 Å². The lowest BCUT2D eigenvalue weighted by Gasteiger charge is -2.25. The second kappa shape index (κ2) is 11.6. The van der Waals surface area contributed by atoms with Crippen molar-refractivity contribution in [3.63, 3.8) is 0 Å². The van der Waals surface area contributed by atoms with Crippen molar-refractivity contribution in [2.45, 2.75) is 21.9 Å². The Morgan fingerprint density at radius 2 is 1.75 bits per heavy atom. The maximum Gasteiger partial charge on any atom is 0.264 e. The SMILES string of the molecule is Cc1ccc(S(=O)(=O)N(CC(=O)Nc2nnc(SCc3ccccc3)s2)c2cc(Cl)ccc2Cl)cc1. The van der Waals surface area contributed by atoms with Gasteiger partial charge in [0.15, 0.2) is 4.34 Å². The average molecular weight is 580 g/mol. The number of sulfonamides is 1. The molecule has 0 fully saturated rings. The van der Waals surface area contributed by atoms with Gasteiger partial charge in [-0.05, 0) is 42.8 Å². The number of nitrogens with zero attached hydrogens (tertiary/aromatic N) is 3. The van der Waals surface area contributed by atoms with Crippen LogP contribution in [0.15, 0.2) is 82.0 Å². The Morgan fingerprint density at radius 3 is 2.47 bits per heavy atom. The molecule has 0 aliphatic carbocycles. The Balaban J connectivity index is 1.53. The van der Waals surface area contributed by atoms with Gasteiger partial charge >= 0.3 is 0 Å². The number of amides is 1. The molecule has 4 rings (SSSR count). The molecule has 0 bridgehead atoms. The molecule has 36 heavy (non-hydrogen) atoms. The van der Waals surface area contributed by atoms with Gasteiger partial charge in [-0.2, -0.15) is 0 Å². The molecule has 1 amide bonds. The lowest BCUT2D eigenvalue weighted by Crippen LogP contribution is -2.38. The highest BCUT2D eigenvalue weighted by Gasteiger charge is 2.29. The highest BCUT2D eigenvalue weighted by atomic mass is 35.5. The third-order valence-electron chi connectivity index (χ3n) is 4.93. The number of nitrogens with one attached hydrogen (secondary N) is 1. The molecule has 0 unspecified atom stereocenters. The summed E-state index contributed by atoms with van der Waals surface area (Å²) in [7, 11) is -4.14. The maximum atomic E-state index is 13.5. The summed E-state index contributed by atoms with van der Waals surface area (Å²) in [5.74, 6) is 0.108. The molecule has 3 aromatic carbocycles. The van der Waals surface area contributed by atoms with Gasteiger partial charge in [-0.1, -0.05) is 94.3 Å². The van der Waals surface area contributed by atoms with Gasteiger partial charge in [0, 0.05) is 10.8 Å². The number of anilines is 2. The van der Waals surface area contributed by atoms with Gasteiger partial charge in [0.05, 0.1) is 15.6 Å². The van der Waals surface area contributed by atoms with Crippen LogP contribution in [0.2, 0.25) is 10.0 Å². The minimum Gasteiger partial charge on any atom is -0.299 e. The molecule has 0 atom stereocenters. The summed E-state index contributed by atoms with van der Waals surface area (Å²) in [6, 6.07) is 20.7. The first-order valence-corrected chi connectivity index (χ1v) is 14.6. The number of benzene rings is 3. The second-order valence-electron chi connectivity index (χ2n) is 7.62. The number of carbonyl (C=O) groups excluding carboxylic acids is 1. The van der Waals surface area contributed by atoms with E-state index in [1.807, 2.05) is 37.3 Å². The maximum absolute atomic E-state index is 13.5. The van der Waals surface area contributed by atoms with Crippen LogP contribution in [0, 0.1) is 6.92 Å². The van der Waals surface area contributed by atoms with Gasteiger partial charge in [0.2, 0.25) is 11.0 Å². The Hall–Kier alpha value is -2.63. The largest absolute Gasteiger partial charge is 0.299 e. The van der Waals surface area contributed by atoms with E-state index in [1.54, 1.807) is 18.2 Å². The number of aryl methyl sites for hydroxylation is 1. The molecular weight excluding hydrogens is 559 g/mol. The fraction of sp³-hybridized carbons (Fsp3) is 0.125. The predicted molar refractivity (Wildman–Crippen MR) is 147 cm³/mol. The van der Waals surface area contributed by atoms with Crippen molar-refractivity contribution in [3.8, 4) is 0 Å². The number of thioether (sulfide) groups is 1. The fourth-order valence-electron chi connectivity index (χ4n) is 3.14. The van der Waals surface area contributed by atoms with Crippen molar-refractivity contribution < 1.29 is 13.2 Å². The van der Waals surface area contributed by atoms with E-state index >= 15 is 0 Å². The Labute approximate surface area is 227 Å². The monoisotopic (exact) mass is 578 g/mol. The van der Waals surface area contributed by atoms with E-state index < -0.39 is 22.5 Å². The third-order valence-corrected chi connectivity index (χ3v) is 9.30. The molecule has 186 valence electrons. The van der Waals surface area contributed by atoms with Gasteiger partial charge in [0.1, 0.15) is 6.54 Å². The summed E-state index contributed by atoms with van der Waals surface area (Å²) < 4.78 is 28.7. The molecule has 1 heterocycles. The van der Waals surface area contributed by atoms with E-state index in [2.05, 4.69) is 15.5 Å². The Bertz CT molecular complexity index is 1460. The molecule has 0 saturated carbocycles. The van der Waals surface area contributed by atoms with Crippen LogP contribution >= 0.6 is 46.3 Å². The summed E-state index contributed by atoms with van der Waals surface area (Å²) in [6.07, 6.45) is 0. The van der Waals surface area contributed by atoms with Crippen LogP contribution in [0.4, 0.5) is 10.8 Å². The highest BCUT2D eigenvalue weighted by molar-refractivity contribution is 8.00. The van der Waals surface area contributed by atoms with Gasteiger partial charge in [0.25, 0.3) is 10.0 Å². The molecule has 12 heteroatoms. The molecule has 1 aromatic heterocycles. The first-order valence-electron chi connectivity index (χ1n) is 10.6. The minimum atomic E-state index is -4.14. The van der Waals surface area contributed by atoms with E-state index in [-0.39, 0.29) is 25.8 Å². The van der Waals surface area contributed by atoms with E-state index in [0.717, 1.165) is 15.4 Å². The topological polar surface area (TPSA) is 92.3 Å². The molecule has 7 nitrogen and oxygen atoms in total. The highest BCUT2D eigenvalue weighted by Crippen LogP contribution is 2.33. The van der Waals surface area contributed by atoms with E-state index in [4.69, 9.17) is 23.2 Å². The van der Waals surface area contributed by atoms with Crippen LogP contribution in [-0.2, 0) is 20.6 Å². The fourth-order valence-corrected chi connectivity index (χ4v) is 6.73. The van der Waals surface area contributed by atoms with Crippen molar-refractivity contribution in [2.24, 2.45) is 0 Å². The van der Waals surface area contributed by atoms with Gasteiger partial charge in [-0.15, -0.1) is 10.2 Å². The number of hydrogen-bond donors (Lipinski definition) is 1. The predicted octanol–water partition coefficient (Wildman–Crippen LogP) is 6.28. The molecule has 0 radical (unpaired) electrons. The molecule has 1 N–H and O–H groups in total. The van der Waals surface area contributed by atoms with E-state index in [0.29, 0.717) is 10.1 Å². The zero-order valence-electron chi connectivity index (χ0n) is 18.9. The summed E-state index contributed by atoms with van der Waals surface area (Å²) in [4.78, 5) is 13.0. The van der Waals surface area contributed by atoms with Crippen molar-refractivity contribution >= 4 is 73.0 Å². The first-order chi connectivity index (χ1) is 17.2. The van der Waals surface area contributed by atoms with Crippen LogP contribution in [0.25, 0.3) is 0 Å². The summed E-state index contributed by atoms with van der Waals surface area (Å²) in [5.41, 5.74) is 2.13. The summed E-state index contributed by atoms with van der Waals surface area (Å²) in [5, 5.41) is 11.4. The number of aromatic nitrogens is 2.